The SMILES string of the molecule is CCCCOC(=O)/C=C/C[C@H](Nc1ccc(OC)cc1)c1ccccc1. The lowest BCUT2D eigenvalue weighted by Crippen LogP contribution is -2.10. The molecule has 26 heavy (non-hydrogen) atoms. The number of methoxy groups -OCH3 is 1. The molecule has 0 aliphatic rings. The summed E-state index contributed by atoms with van der Waals surface area (Å²) in [6.07, 6.45) is 5.97. The van der Waals surface area contributed by atoms with Gasteiger partial charge in [0, 0.05) is 11.8 Å². The molecule has 0 saturated heterocycles. The van der Waals surface area contributed by atoms with Crippen molar-refractivity contribution in [1.82, 2.24) is 0 Å². The maximum atomic E-state index is 11.7. The lowest BCUT2D eigenvalue weighted by Gasteiger charge is -2.19. The zero-order chi connectivity index (χ0) is 18.6. The number of hydrogen-bond donors (Lipinski definition) is 1. The Morgan fingerprint density at radius 2 is 1.85 bits per heavy atom. The minimum atomic E-state index is -0.283. The summed E-state index contributed by atoms with van der Waals surface area (Å²) in [5.74, 6) is 0.538. The van der Waals surface area contributed by atoms with Crippen LogP contribution < -0.4 is 10.1 Å². The Balaban J connectivity index is 2.01. The Morgan fingerprint density at radius 1 is 1.12 bits per heavy atom. The van der Waals surface area contributed by atoms with Gasteiger partial charge in [0.15, 0.2) is 0 Å². The quantitative estimate of drug-likeness (QED) is 0.365. The number of carbonyl (C=O) groups excluding carboxylic acids is 1. The third-order valence-electron chi connectivity index (χ3n) is 4.00. The summed E-state index contributed by atoms with van der Waals surface area (Å²) >= 11 is 0. The van der Waals surface area contributed by atoms with Gasteiger partial charge in [-0.2, -0.15) is 0 Å². The van der Waals surface area contributed by atoms with Gasteiger partial charge in [0.05, 0.1) is 19.8 Å². The Labute approximate surface area is 155 Å². The largest absolute Gasteiger partial charge is 0.497 e. The van der Waals surface area contributed by atoms with E-state index in [0.717, 1.165) is 29.8 Å². The van der Waals surface area contributed by atoms with Crippen molar-refractivity contribution in [2.45, 2.75) is 32.2 Å². The van der Waals surface area contributed by atoms with E-state index in [1.54, 1.807) is 7.11 Å². The van der Waals surface area contributed by atoms with Gasteiger partial charge in [-0.05, 0) is 42.7 Å². The van der Waals surface area contributed by atoms with Crippen LogP contribution in [0.5, 0.6) is 5.75 Å². The highest BCUT2D eigenvalue weighted by Crippen LogP contribution is 2.24. The summed E-state index contributed by atoms with van der Waals surface area (Å²) < 4.78 is 10.4. The van der Waals surface area contributed by atoms with E-state index in [1.807, 2.05) is 48.5 Å². The van der Waals surface area contributed by atoms with Crippen LogP contribution in [0.25, 0.3) is 0 Å². The summed E-state index contributed by atoms with van der Waals surface area (Å²) in [7, 11) is 1.65. The normalized spacial score (nSPS) is 11.9. The van der Waals surface area contributed by atoms with Crippen molar-refractivity contribution in [2.75, 3.05) is 19.0 Å². The zero-order valence-electron chi connectivity index (χ0n) is 15.5. The number of nitrogens with one attached hydrogen (secondary N) is 1. The minimum Gasteiger partial charge on any atom is -0.497 e. The number of rotatable bonds is 10. The van der Waals surface area contributed by atoms with E-state index in [1.165, 1.54) is 6.08 Å². The fourth-order valence-corrected chi connectivity index (χ4v) is 2.52. The lowest BCUT2D eigenvalue weighted by molar-refractivity contribution is -0.137. The molecular weight excluding hydrogens is 326 g/mol. The van der Waals surface area contributed by atoms with Crippen LogP contribution in [0.2, 0.25) is 0 Å². The molecule has 2 rings (SSSR count). The van der Waals surface area contributed by atoms with E-state index in [-0.39, 0.29) is 12.0 Å². The van der Waals surface area contributed by atoms with Crippen LogP contribution in [0.3, 0.4) is 0 Å². The van der Waals surface area contributed by atoms with Crippen LogP contribution >= 0.6 is 0 Å². The van der Waals surface area contributed by atoms with Gasteiger partial charge in [-0.25, -0.2) is 4.79 Å². The molecule has 0 spiro atoms. The lowest BCUT2D eigenvalue weighted by atomic mass is 10.0. The average molecular weight is 353 g/mol. The Bertz CT molecular complexity index is 680. The fraction of sp³-hybridized carbons (Fsp3) is 0.318. The van der Waals surface area contributed by atoms with Crippen molar-refractivity contribution >= 4 is 11.7 Å². The number of esters is 1. The van der Waals surface area contributed by atoms with E-state index in [4.69, 9.17) is 9.47 Å². The van der Waals surface area contributed by atoms with Crippen molar-refractivity contribution in [3.63, 3.8) is 0 Å². The molecule has 4 nitrogen and oxygen atoms in total. The van der Waals surface area contributed by atoms with E-state index < -0.39 is 0 Å². The van der Waals surface area contributed by atoms with E-state index in [0.29, 0.717) is 13.0 Å². The van der Waals surface area contributed by atoms with E-state index >= 15 is 0 Å². The average Bonchev–Trinajstić information content (AvgIpc) is 2.68. The Kier molecular flexibility index (Phi) is 8.27. The van der Waals surface area contributed by atoms with Gasteiger partial charge in [-0.1, -0.05) is 49.8 Å². The molecule has 0 fully saturated rings. The highest BCUT2D eigenvalue weighted by Gasteiger charge is 2.10. The third kappa shape index (κ3) is 6.63. The van der Waals surface area contributed by atoms with Gasteiger partial charge >= 0.3 is 5.97 Å². The molecule has 1 N–H and O–H groups in total. The van der Waals surface area contributed by atoms with Crippen LogP contribution in [0.15, 0.2) is 66.7 Å². The maximum absolute atomic E-state index is 11.7. The number of hydrogen-bond acceptors (Lipinski definition) is 4. The number of benzene rings is 2. The molecule has 138 valence electrons. The highest BCUT2D eigenvalue weighted by atomic mass is 16.5. The number of carbonyl (C=O) groups is 1. The molecule has 2 aromatic rings. The summed E-state index contributed by atoms with van der Waals surface area (Å²) in [6.45, 7) is 2.55. The maximum Gasteiger partial charge on any atom is 0.330 e. The summed E-state index contributed by atoms with van der Waals surface area (Å²) in [4.78, 5) is 11.7. The topological polar surface area (TPSA) is 47.6 Å². The monoisotopic (exact) mass is 353 g/mol. The van der Waals surface area contributed by atoms with Gasteiger partial charge in [0.1, 0.15) is 5.75 Å². The van der Waals surface area contributed by atoms with Crippen molar-refractivity contribution in [3.05, 3.63) is 72.3 Å². The van der Waals surface area contributed by atoms with Crippen LogP contribution in [0, 0.1) is 0 Å². The number of anilines is 1. The molecule has 0 radical (unpaired) electrons. The fourth-order valence-electron chi connectivity index (χ4n) is 2.52. The molecule has 0 aliphatic heterocycles. The molecule has 0 amide bonds. The minimum absolute atomic E-state index is 0.0595. The molecular formula is C22H27NO3. The molecule has 0 aromatic heterocycles. The smallest absolute Gasteiger partial charge is 0.330 e. The molecule has 0 unspecified atom stereocenters. The molecule has 0 bridgehead atoms. The first-order chi connectivity index (χ1) is 12.7. The third-order valence-corrected chi connectivity index (χ3v) is 4.00. The second-order valence-corrected chi connectivity index (χ2v) is 6.00. The summed E-state index contributed by atoms with van der Waals surface area (Å²) in [6, 6.07) is 18.1. The molecule has 0 saturated carbocycles. The van der Waals surface area contributed by atoms with Crippen LogP contribution in [0.4, 0.5) is 5.69 Å². The van der Waals surface area contributed by atoms with Gasteiger partial charge in [0.25, 0.3) is 0 Å². The second kappa shape index (κ2) is 11.0. The first-order valence-electron chi connectivity index (χ1n) is 9.01. The first-order valence-corrected chi connectivity index (χ1v) is 9.01. The summed E-state index contributed by atoms with van der Waals surface area (Å²) in [5.41, 5.74) is 2.16. The molecule has 1 atom stereocenters. The van der Waals surface area contributed by atoms with Gasteiger partial charge in [-0.15, -0.1) is 0 Å². The summed E-state index contributed by atoms with van der Waals surface area (Å²) in [5, 5.41) is 3.51. The Morgan fingerprint density at radius 3 is 2.50 bits per heavy atom. The predicted octanol–water partition coefficient (Wildman–Crippen LogP) is 5.14. The molecule has 0 aliphatic carbocycles. The van der Waals surface area contributed by atoms with Crippen molar-refractivity contribution < 1.29 is 14.3 Å². The molecule has 4 heteroatoms. The van der Waals surface area contributed by atoms with Crippen LogP contribution in [0.1, 0.15) is 37.8 Å². The first kappa shape index (κ1) is 19.6. The Hall–Kier alpha value is -2.75. The standard InChI is InChI=1S/C22H27NO3/c1-3-4-17-26-22(24)12-8-11-21(18-9-6-5-7-10-18)23-19-13-15-20(25-2)16-14-19/h5-10,12-16,21,23H,3-4,11,17H2,1-2H3/b12-8+/t21-/m0/s1. The van der Waals surface area contributed by atoms with Crippen molar-refractivity contribution in [1.29, 1.82) is 0 Å². The van der Waals surface area contributed by atoms with Crippen molar-refractivity contribution in [3.8, 4) is 5.75 Å². The van der Waals surface area contributed by atoms with Crippen molar-refractivity contribution in [2.24, 2.45) is 0 Å². The predicted molar refractivity (Wildman–Crippen MR) is 105 cm³/mol. The second-order valence-electron chi connectivity index (χ2n) is 6.00. The van der Waals surface area contributed by atoms with E-state index in [9.17, 15) is 4.79 Å². The van der Waals surface area contributed by atoms with Gasteiger partial charge < -0.3 is 14.8 Å². The zero-order valence-corrected chi connectivity index (χ0v) is 15.5. The highest BCUT2D eigenvalue weighted by molar-refractivity contribution is 5.81. The van der Waals surface area contributed by atoms with Crippen LogP contribution in [-0.4, -0.2) is 19.7 Å². The van der Waals surface area contributed by atoms with Gasteiger partial charge in [-0.3, -0.25) is 0 Å². The molecule has 2 aromatic carbocycles. The molecule has 0 heterocycles. The van der Waals surface area contributed by atoms with Gasteiger partial charge in [0.2, 0.25) is 0 Å². The van der Waals surface area contributed by atoms with E-state index in [2.05, 4.69) is 24.4 Å². The number of ether oxygens (including phenoxy) is 2. The van der Waals surface area contributed by atoms with Crippen LogP contribution in [-0.2, 0) is 9.53 Å². The number of unbranched alkanes of at least 4 members (excludes halogenated alkanes) is 1.